The molecule has 0 bridgehead atoms. The molecule has 3 aromatic rings. The Kier molecular flexibility index (Phi) is 6.21. The fourth-order valence-electron chi connectivity index (χ4n) is 2.54. The molecule has 5 nitrogen and oxygen atoms in total. The van der Waals surface area contributed by atoms with Crippen molar-refractivity contribution in [1.82, 2.24) is 0 Å². The highest BCUT2D eigenvalue weighted by atomic mass is 35.5. The molecule has 0 unspecified atom stereocenters. The maximum atomic E-state index is 12.1. The van der Waals surface area contributed by atoms with Gasteiger partial charge in [0, 0.05) is 17.5 Å². The zero-order chi connectivity index (χ0) is 19.2. The number of ether oxygens (including phenoxy) is 1. The van der Waals surface area contributed by atoms with Crippen LogP contribution < -0.4 is 5.32 Å². The molecule has 0 spiro atoms. The SMILES string of the molecule is O=C(COC(=O)CCC(=O)c1ccc(Cl)s1)Nc1cccc2ccccc12. The van der Waals surface area contributed by atoms with Crippen LogP contribution in [0, 0.1) is 0 Å². The molecule has 0 fully saturated rings. The lowest BCUT2D eigenvalue weighted by atomic mass is 10.1. The van der Waals surface area contributed by atoms with E-state index in [4.69, 9.17) is 16.3 Å². The number of thiophene rings is 1. The summed E-state index contributed by atoms with van der Waals surface area (Å²) in [7, 11) is 0. The minimum Gasteiger partial charge on any atom is -0.456 e. The highest BCUT2D eigenvalue weighted by Gasteiger charge is 2.14. The fraction of sp³-hybridized carbons (Fsp3) is 0.150. The summed E-state index contributed by atoms with van der Waals surface area (Å²) in [6.07, 6.45) is -0.0729. The van der Waals surface area contributed by atoms with E-state index in [2.05, 4.69) is 5.32 Å². The third-order valence-electron chi connectivity index (χ3n) is 3.83. The zero-order valence-electron chi connectivity index (χ0n) is 14.2. The number of halogens is 1. The van der Waals surface area contributed by atoms with E-state index in [0.717, 1.165) is 10.8 Å². The van der Waals surface area contributed by atoms with E-state index >= 15 is 0 Å². The number of amides is 1. The van der Waals surface area contributed by atoms with Crippen LogP contribution in [0.1, 0.15) is 22.5 Å². The van der Waals surface area contributed by atoms with Crippen LogP contribution in [-0.2, 0) is 14.3 Å². The van der Waals surface area contributed by atoms with Gasteiger partial charge in [-0.05, 0) is 23.6 Å². The number of fused-ring (bicyclic) bond motifs is 1. The minimum absolute atomic E-state index is 0.0145. The Morgan fingerprint density at radius 3 is 2.52 bits per heavy atom. The van der Waals surface area contributed by atoms with Crippen molar-refractivity contribution in [3.8, 4) is 0 Å². The Bertz CT molecular complexity index is 993. The number of hydrogen-bond donors (Lipinski definition) is 1. The molecule has 3 rings (SSSR count). The predicted octanol–water partition coefficient (Wildman–Crippen LogP) is 4.70. The second kappa shape index (κ2) is 8.79. The summed E-state index contributed by atoms with van der Waals surface area (Å²) in [5.74, 6) is -1.21. The molecule has 0 saturated heterocycles. The molecule has 138 valence electrons. The Hall–Kier alpha value is -2.70. The molecule has 0 aliphatic rings. The number of carbonyl (C=O) groups excluding carboxylic acids is 3. The number of ketones is 1. The van der Waals surface area contributed by atoms with Crippen LogP contribution in [0.2, 0.25) is 4.34 Å². The summed E-state index contributed by atoms with van der Waals surface area (Å²) < 4.78 is 5.47. The van der Waals surface area contributed by atoms with Crippen LogP contribution in [0.15, 0.2) is 54.6 Å². The fourth-order valence-corrected chi connectivity index (χ4v) is 3.55. The molecule has 7 heteroatoms. The van der Waals surface area contributed by atoms with E-state index in [1.54, 1.807) is 18.2 Å². The van der Waals surface area contributed by atoms with Crippen LogP contribution in [0.5, 0.6) is 0 Å². The Morgan fingerprint density at radius 1 is 0.963 bits per heavy atom. The number of benzene rings is 2. The van der Waals surface area contributed by atoms with Crippen molar-refractivity contribution in [2.24, 2.45) is 0 Å². The van der Waals surface area contributed by atoms with Crippen molar-refractivity contribution in [2.75, 3.05) is 11.9 Å². The molecule has 0 aliphatic heterocycles. The number of nitrogens with one attached hydrogen (secondary N) is 1. The molecule has 1 heterocycles. The third kappa shape index (κ3) is 5.15. The zero-order valence-corrected chi connectivity index (χ0v) is 15.8. The molecular weight excluding hydrogens is 386 g/mol. The van der Waals surface area contributed by atoms with Gasteiger partial charge in [0.15, 0.2) is 12.4 Å². The molecule has 2 aromatic carbocycles. The van der Waals surface area contributed by atoms with Crippen molar-refractivity contribution in [2.45, 2.75) is 12.8 Å². The van der Waals surface area contributed by atoms with E-state index < -0.39 is 18.5 Å². The van der Waals surface area contributed by atoms with E-state index in [0.29, 0.717) is 14.9 Å². The standard InChI is InChI=1S/C20H16ClNO4S/c21-18-10-9-17(27-18)16(23)8-11-20(25)26-12-19(24)22-15-7-3-5-13-4-1-2-6-14(13)15/h1-7,9-10H,8,11-12H2,(H,22,24). The number of hydrogen-bond acceptors (Lipinski definition) is 5. The smallest absolute Gasteiger partial charge is 0.306 e. The lowest BCUT2D eigenvalue weighted by Gasteiger charge is -2.09. The Balaban J connectivity index is 1.47. The Labute approximate surface area is 164 Å². The highest BCUT2D eigenvalue weighted by Crippen LogP contribution is 2.24. The second-order valence-electron chi connectivity index (χ2n) is 5.76. The molecule has 1 aromatic heterocycles. The van der Waals surface area contributed by atoms with Gasteiger partial charge in [-0.15, -0.1) is 11.3 Å². The topological polar surface area (TPSA) is 72.5 Å². The average molecular weight is 402 g/mol. The molecule has 1 amide bonds. The highest BCUT2D eigenvalue weighted by molar-refractivity contribution is 7.18. The van der Waals surface area contributed by atoms with Crippen molar-refractivity contribution in [1.29, 1.82) is 0 Å². The summed E-state index contributed by atoms with van der Waals surface area (Å²) in [5, 5.41) is 4.64. The lowest BCUT2D eigenvalue weighted by Crippen LogP contribution is -2.21. The molecule has 0 radical (unpaired) electrons. The van der Waals surface area contributed by atoms with Crippen molar-refractivity contribution < 1.29 is 19.1 Å². The Morgan fingerprint density at radius 2 is 1.74 bits per heavy atom. The van der Waals surface area contributed by atoms with Gasteiger partial charge in [0.05, 0.1) is 15.6 Å². The third-order valence-corrected chi connectivity index (χ3v) is 5.10. The summed E-state index contributed by atoms with van der Waals surface area (Å²) in [4.78, 5) is 36.3. The number of carbonyl (C=O) groups is 3. The summed E-state index contributed by atoms with van der Waals surface area (Å²) in [6.45, 7) is -0.402. The van der Waals surface area contributed by atoms with Gasteiger partial charge in [-0.3, -0.25) is 14.4 Å². The molecule has 1 N–H and O–H groups in total. The van der Waals surface area contributed by atoms with E-state index in [1.807, 2.05) is 36.4 Å². The van der Waals surface area contributed by atoms with E-state index in [9.17, 15) is 14.4 Å². The monoisotopic (exact) mass is 401 g/mol. The maximum Gasteiger partial charge on any atom is 0.306 e. The largest absolute Gasteiger partial charge is 0.456 e. The van der Waals surface area contributed by atoms with Crippen molar-refractivity contribution in [3.05, 3.63) is 63.8 Å². The summed E-state index contributed by atoms with van der Waals surface area (Å²) >= 11 is 6.95. The average Bonchev–Trinajstić information content (AvgIpc) is 3.11. The summed E-state index contributed by atoms with van der Waals surface area (Å²) in [6, 6.07) is 16.5. The van der Waals surface area contributed by atoms with Crippen LogP contribution in [-0.4, -0.2) is 24.3 Å². The van der Waals surface area contributed by atoms with Crippen LogP contribution in [0.25, 0.3) is 10.8 Å². The van der Waals surface area contributed by atoms with Gasteiger partial charge in [-0.1, -0.05) is 48.0 Å². The molecular formula is C20H16ClNO4S. The van der Waals surface area contributed by atoms with Gasteiger partial charge < -0.3 is 10.1 Å². The van der Waals surface area contributed by atoms with E-state index in [-0.39, 0.29) is 18.6 Å². The van der Waals surface area contributed by atoms with Crippen molar-refractivity contribution in [3.63, 3.8) is 0 Å². The van der Waals surface area contributed by atoms with Gasteiger partial charge in [0.2, 0.25) is 0 Å². The van der Waals surface area contributed by atoms with Gasteiger partial charge in [0.25, 0.3) is 5.91 Å². The maximum absolute atomic E-state index is 12.1. The predicted molar refractivity (Wildman–Crippen MR) is 106 cm³/mol. The minimum atomic E-state index is -0.598. The summed E-state index contributed by atoms with van der Waals surface area (Å²) in [5.41, 5.74) is 0.652. The van der Waals surface area contributed by atoms with Crippen LogP contribution >= 0.6 is 22.9 Å². The number of anilines is 1. The van der Waals surface area contributed by atoms with Crippen LogP contribution in [0.3, 0.4) is 0 Å². The van der Waals surface area contributed by atoms with Gasteiger partial charge in [-0.25, -0.2) is 0 Å². The van der Waals surface area contributed by atoms with Gasteiger partial charge in [-0.2, -0.15) is 0 Å². The first kappa shape index (κ1) is 19.1. The molecule has 27 heavy (non-hydrogen) atoms. The van der Waals surface area contributed by atoms with E-state index in [1.165, 1.54) is 11.3 Å². The normalized spacial score (nSPS) is 10.6. The number of esters is 1. The second-order valence-corrected chi connectivity index (χ2v) is 7.48. The first-order chi connectivity index (χ1) is 13.0. The van der Waals surface area contributed by atoms with Crippen molar-refractivity contribution >= 4 is 57.1 Å². The quantitative estimate of drug-likeness (QED) is 0.460. The molecule has 0 atom stereocenters. The lowest BCUT2D eigenvalue weighted by molar-refractivity contribution is -0.147. The first-order valence-corrected chi connectivity index (χ1v) is 9.44. The molecule has 0 aliphatic carbocycles. The number of Topliss-reactive ketones (excluding diaryl/α,β-unsaturated/α-hetero) is 1. The number of rotatable bonds is 7. The van der Waals surface area contributed by atoms with Crippen LogP contribution in [0.4, 0.5) is 5.69 Å². The van der Waals surface area contributed by atoms with Gasteiger partial charge in [0.1, 0.15) is 0 Å². The van der Waals surface area contributed by atoms with Gasteiger partial charge >= 0.3 is 5.97 Å². The molecule has 0 saturated carbocycles. The first-order valence-electron chi connectivity index (χ1n) is 8.25.